The number of nitrogens with one attached hydrogen (secondary N) is 1. The maximum Gasteiger partial charge on any atom is 0.318 e. The molecule has 1 aliphatic rings. The van der Waals surface area contributed by atoms with Gasteiger partial charge in [0.15, 0.2) is 0 Å². The van der Waals surface area contributed by atoms with Gasteiger partial charge in [-0.3, -0.25) is 4.79 Å². The average molecular weight is 403 g/mol. The molecule has 134 valence electrons. The summed E-state index contributed by atoms with van der Waals surface area (Å²) < 4.78 is 0. The molecule has 0 saturated carbocycles. The van der Waals surface area contributed by atoms with E-state index in [9.17, 15) is 9.59 Å². The minimum absolute atomic E-state index is 0.0342. The van der Waals surface area contributed by atoms with E-state index in [2.05, 4.69) is 17.2 Å². The van der Waals surface area contributed by atoms with E-state index in [1.54, 1.807) is 34.9 Å². The fraction of sp³-hybridized carbons (Fsp3) is 0.412. The van der Waals surface area contributed by atoms with E-state index < -0.39 is 0 Å². The topological polar surface area (TPSA) is 52.7 Å². The van der Waals surface area contributed by atoms with E-state index in [-0.39, 0.29) is 23.9 Å². The van der Waals surface area contributed by atoms with Crippen LogP contribution in [0.15, 0.2) is 18.2 Å². The van der Waals surface area contributed by atoms with Crippen LogP contribution in [0, 0.1) is 11.8 Å². The first-order chi connectivity index (χ1) is 11.9. The number of alkyl halides is 1. The first-order valence-corrected chi connectivity index (χ1v) is 9.05. The minimum Gasteiger partial charge on any atom is -0.338 e. The number of amides is 3. The number of rotatable bonds is 2. The van der Waals surface area contributed by atoms with Crippen LogP contribution < -0.4 is 5.32 Å². The Morgan fingerprint density at radius 1 is 1.16 bits per heavy atom. The van der Waals surface area contributed by atoms with Crippen molar-refractivity contribution in [1.82, 2.24) is 15.1 Å². The van der Waals surface area contributed by atoms with E-state index in [4.69, 9.17) is 34.8 Å². The van der Waals surface area contributed by atoms with Gasteiger partial charge < -0.3 is 15.1 Å². The molecule has 1 aromatic rings. The lowest BCUT2D eigenvalue weighted by atomic mass is 10.2. The number of hydrogen-bond acceptors (Lipinski definition) is 2. The molecule has 8 heteroatoms. The zero-order valence-corrected chi connectivity index (χ0v) is 16.0. The monoisotopic (exact) mass is 401 g/mol. The zero-order valence-electron chi connectivity index (χ0n) is 13.7. The van der Waals surface area contributed by atoms with Crippen LogP contribution in [0.5, 0.6) is 0 Å². The second-order valence-electron chi connectivity index (χ2n) is 5.57. The van der Waals surface area contributed by atoms with Gasteiger partial charge in [-0.2, -0.15) is 0 Å². The van der Waals surface area contributed by atoms with Crippen LogP contribution in [0.1, 0.15) is 12.5 Å². The molecule has 1 N–H and O–H groups in total. The van der Waals surface area contributed by atoms with Gasteiger partial charge >= 0.3 is 6.03 Å². The highest BCUT2D eigenvalue weighted by Gasteiger charge is 2.23. The molecular weight excluding hydrogens is 385 g/mol. The second kappa shape index (κ2) is 9.19. The van der Waals surface area contributed by atoms with Crippen molar-refractivity contribution in [2.45, 2.75) is 13.0 Å². The van der Waals surface area contributed by atoms with Crippen LogP contribution in [-0.2, 0) is 4.79 Å². The smallest absolute Gasteiger partial charge is 0.318 e. The van der Waals surface area contributed by atoms with Crippen molar-refractivity contribution in [3.8, 4) is 11.8 Å². The van der Waals surface area contributed by atoms with Gasteiger partial charge in [0.2, 0.25) is 5.91 Å². The van der Waals surface area contributed by atoms with Crippen molar-refractivity contribution in [2.75, 3.05) is 32.1 Å². The summed E-state index contributed by atoms with van der Waals surface area (Å²) >= 11 is 17.4. The first-order valence-electron chi connectivity index (χ1n) is 7.76. The largest absolute Gasteiger partial charge is 0.338 e. The number of carbonyl (C=O) groups is 2. The number of benzene rings is 1. The maximum atomic E-state index is 12.2. The molecule has 1 heterocycles. The van der Waals surface area contributed by atoms with Crippen molar-refractivity contribution in [2.24, 2.45) is 0 Å². The van der Waals surface area contributed by atoms with Gasteiger partial charge in [-0.25, -0.2) is 4.79 Å². The van der Waals surface area contributed by atoms with Crippen molar-refractivity contribution >= 4 is 46.7 Å². The lowest BCUT2D eigenvalue weighted by molar-refractivity contribution is -0.129. The highest BCUT2D eigenvalue weighted by molar-refractivity contribution is 6.42. The van der Waals surface area contributed by atoms with Crippen LogP contribution in [0.3, 0.4) is 0 Å². The molecule has 1 saturated heterocycles. The summed E-state index contributed by atoms with van der Waals surface area (Å²) in [5, 5.41) is 3.74. The van der Waals surface area contributed by atoms with Crippen LogP contribution in [0.2, 0.25) is 10.0 Å². The predicted molar refractivity (Wildman–Crippen MR) is 100 cm³/mol. The van der Waals surface area contributed by atoms with Gasteiger partial charge in [-0.15, -0.1) is 11.6 Å². The molecule has 0 spiro atoms. The zero-order chi connectivity index (χ0) is 18.4. The molecule has 0 aromatic heterocycles. The molecule has 1 fully saturated rings. The molecule has 25 heavy (non-hydrogen) atoms. The molecule has 1 aliphatic heterocycles. The SMILES string of the molecule is CC(C#Cc1ccc(Cl)c(Cl)c1)NC(=O)N1CCN(C(=O)CCl)CC1. The van der Waals surface area contributed by atoms with Crippen LogP contribution in [0.4, 0.5) is 4.79 Å². The van der Waals surface area contributed by atoms with Gasteiger partial charge in [-0.1, -0.05) is 35.0 Å². The van der Waals surface area contributed by atoms with E-state index >= 15 is 0 Å². The number of urea groups is 1. The van der Waals surface area contributed by atoms with Crippen molar-refractivity contribution < 1.29 is 9.59 Å². The summed E-state index contributed by atoms with van der Waals surface area (Å²) in [7, 11) is 0. The number of carbonyl (C=O) groups excluding carboxylic acids is 2. The first kappa shape index (κ1) is 19.7. The van der Waals surface area contributed by atoms with Crippen molar-refractivity contribution in [1.29, 1.82) is 0 Å². The predicted octanol–water partition coefficient (Wildman–Crippen LogP) is 2.83. The normalized spacial score (nSPS) is 15.2. The molecule has 0 bridgehead atoms. The quantitative estimate of drug-likeness (QED) is 0.611. The molecule has 0 radical (unpaired) electrons. The number of nitrogens with zero attached hydrogens (tertiary/aromatic N) is 2. The molecular formula is C17H18Cl3N3O2. The van der Waals surface area contributed by atoms with Crippen LogP contribution >= 0.6 is 34.8 Å². The van der Waals surface area contributed by atoms with Gasteiger partial charge in [0, 0.05) is 31.7 Å². The summed E-state index contributed by atoms with van der Waals surface area (Å²) in [6, 6.07) is 4.60. The van der Waals surface area contributed by atoms with E-state index in [1.807, 2.05) is 0 Å². The summed E-state index contributed by atoms with van der Waals surface area (Å²) in [4.78, 5) is 27.1. The third-order valence-electron chi connectivity index (χ3n) is 3.73. The minimum atomic E-state index is -0.329. The number of piperazine rings is 1. The van der Waals surface area contributed by atoms with Crippen LogP contribution in [0.25, 0.3) is 0 Å². The molecule has 5 nitrogen and oxygen atoms in total. The van der Waals surface area contributed by atoms with E-state index in [0.29, 0.717) is 36.2 Å². The summed E-state index contributed by atoms with van der Waals surface area (Å²) in [6.45, 7) is 3.73. The van der Waals surface area contributed by atoms with Gasteiger partial charge in [0.05, 0.1) is 16.1 Å². The summed E-state index contributed by atoms with van der Waals surface area (Å²) in [6.07, 6.45) is 0. The van der Waals surface area contributed by atoms with Crippen LogP contribution in [-0.4, -0.2) is 59.8 Å². The van der Waals surface area contributed by atoms with E-state index in [1.165, 1.54) is 0 Å². The Morgan fingerprint density at radius 3 is 2.40 bits per heavy atom. The van der Waals surface area contributed by atoms with Crippen molar-refractivity contribution in [3.63, 3.8) is 0 Å². The standard InChI is InChI=1S/C17H18Cl3N3O2/c1-12(2-3-13-4-5-14(19)15(20)10-13)21-17(25)23-8-6-22(7-9-23)16(24)11-18/h4-5,10,12H,6-9,11H2,1H3,(H,21,25). The Labute approximate surface area is 162 Å². The second-order valence-corrected chi connectivity index (χ2v) is 6.65. The summed E-state index contributed by atoms with van der Waals surface area (Å²) in [5.74, 6) is 5.77. The third kappa shape index (κ3) is 5.71. The average Bonchev–Trinajstić information content (AvgIpc) is 2.62. The van der Waals surface area contributed by atoms with E-state index in [0.717, 1.165) is 5.56 Å². The molecule has 0 aliphatic carbocycles. The lowest BCUT2D eigenvalue weighted by Crippen LogP contribution is -2.54. The molecule has 1 atom stereocenters. The lowest BCUT2D eigenvalue weighted by Gasteiger charge is -2.34. The fourth-order valence-electron chi connectivity index (χ4n) is 2.32. The van der Waals surface area contributed by atoms with Gasteiger partial charge in [-0.05, 0) is 25.1 Å². The van der Waals surface area contributed by atoms with Gasteiger partial charge in [0.25, 0.3) is 0 Å². The maximum absolute atomic E-state index is 12.2. The Hall–Kier alpha value is -1.61. The fourth-order valence-corrected chi connectivity index (χ4v) is 2.79. The Morgan fingerprint density at radius 2 is 1.80 bits per heavy atom. The molecule has 2 rings (SSSR count). The Bertz CT molecular complexity index is 707. The highest BCUT2D eigenvalue weighted by atomic mass is 35.5. The number of halogens is 3. The highest BCUT2D eigenvalue weighted by Crippen LogP contribution is 2.22. The molecule has 3 amide bonds. The third-order valence-corrected chi connectivity index (χ3v) is 4.69. The Kier molecular flexibility index (Phi) is 7.24. The molecule has 1 aromatic carbocycles. The van der Waals surface area contributed by atoms with Gasteiger partial charge in [0.1, 0.15) is 5.88 Å². The number of hydrogen-bond donors (Lipinski definition) is 1. The molecule has 1 unspecified atom stereocenters. The summed E-state index contributed by atoms with van der Waals surface area (Å²) in [5.41, 5.74) is 0.726. The Balaban J connectivity index is 1.86. The van der Waals surface area contributed by atoms with Crippen molar-refractivity contribution in [3.05, 3.63) is 33.8 Å².